The molecule has 1 atom stereocenters. The van der Waals surface area contributed by atoms with Crippen LogP contribution in [-0.4, -0.2) is 26.9 Å². The Bertz CT molecular complexity index is 526. The Balaban J connectivity index is 2.81. The molecule has 0 aliphatic carbocycles. The Morgan fingerprint density at radius 1 is 1.32 bits per heavy atom. The van der Waals surface area contributed by atoms with Crippen molar-refractivity contribution in [2.45, 2.75) is 31.2 Å². The van der Waals surface area contributed by atoms with E-state index in [0.29, 0.717) is 18.7 Å². The van der Waals surface area contributed by atoms with Crippen LogP contribution in [0.1, 0.15) is 20.3 Å². The highest BCUT2D eigenvalue weighted by Gasteiger charge is 2.16. The Hall–Kier alpha value is -1.44. The molecule has 106 valence electrons. The number of amides is 1. The summed E-state index contributed by atoms with van der Waals surface area (Å²) in [5, 5.41) is 2.57. The minimum absolute atomic E-state index is 0.158. The van der Waals surface area contributed by atoms with Gasteiger partial charge in [-0.25, -0.2) is 13.1 Å². The van der Waals surface area contributed by atoms with Crippen LogP contribution in [0.5, 0.6) is 0 Å². The van der Waals surface area contributed by atoms with Crippen molar-refractivity contribution >= 4 is 21.6 Å². The average Bonchev–Trinajstić information content (AvgIpc) is 2.28. The van der Waals surface area contributed by atoms with Crippen molar-refractivity contribution in [1.82, 2.24) is 4.72 Å². The third kappa shape index (κ3) is 4.98. The van der Waals surface area contributed by atoms with Gasteiger partial charge >= 0.3 is 0 Å². The fraction of sp³-hybridized carbons (Fsp3) is 0.417. The summed E-state index contributed by atoms with van der Waals surface area (Å²) in [5.74, 6) is -0.203. The Kier molecular flexibility index (Phi) is 5.46. The van der Waals surface area contributed by atoms with Gasteiger partial charge in [-0.3, -0.25) is 4.79 Å². The monoisotopic (exact) mass is 285 g/mol. The van der Waals surface area contributed by atoms with Crippen molar-refractivity contribution in [3.8, 4) is 0 Å². The van der Waals surface area contributed by atoms with E-state index in [4.69, 9.17) is 5.73 Å². The van der Waals surface area contributed by atoms with Crippen LogP contribution in [0.25, 0.3) is 0 Å². The molecule has 0 aliphatic heterocycles. The molecule has 0 aliphatic rings. The summed E-state index contributed by atoms with van der Waals surface area (Å²) < 4.78 is 26.6. The first-order chi connectivity index (χ1) is 8.85. The number of sulfonamides is 1. The number of carbonyl (C=O) groups is 1. The van der Waals surface area contributed by atoms with E-state index in [9.17, 15) is 13.2 Å². The van der Waals surface area contributed by atoms with E-state index in [1.807, 2.05) is 0 Å². The molecule has 0 saturated heterocycles. The highest BCUT2D eigenvalue weighted by atomic mass is 32.2. The second-order valence-electron chi connectivity index (χ2n) is 4.31. The summed E-state index contributed by atoms with van der Waals surface area (Å²) >= 11 is 0. The maximum absolute atomic E-state index is 12.0. The number of nitrogens with one attached hydrogen (secondary N) is 2. The van der Waals surface area contributed by atoms with Gasteiger partial charge in [0.1, 0.15) is 0 Å². The van der Waals surface area contributed by atoms with Gasteiger partial charge in [-0.05, 0) is 44.2 Å². The molecule has 0 radical (unpaired) electrons. The van der Waals surface area contributed by atoms with E-state index in [-0.39, 0.29) is 16.8 Å². The molecule has 7 heteroatoms. The predicted molar refractivity (Wildman–Crippen MR) is 74.2 cm³/mol. The lowest BCUT2D eigenvalue weighted by atomic mass is 10.3. The average molecular weight is 285 g/mol. The maximum Gasteiger partial charge on any atom is 0.240 e. The standard InChI is InChI=1S/C12H19N3O3S/c1-9(7-8-13)15-19(17,18)12-5-3-11(4-6-12)14-10(2)16/h3-6,9,15H,7-8,13H2,1-2H3,(H,14,16). The topological polar surface area (TPSA) is 101 Å². The van der Waals surface area contributed by atoms with Crippen LogP contribution in [0.4, 0.5) is 5.69 Å². The summed E-state index contributed by atoms with van der Waals surface area (Å²) in [5.41, 5.74) is 5.94. The highest BCUT2D eigenvalue weighted by Crippen LogP contribution is 2.14. The molecule has 0 aromatic heterocycles. The van der Waals surface area contributed by atoms with Gasteiger partial charge in [0.25, 0.3) is 0 Å². The molecule has 1 amide bonds. The van der Waals surface area contributed by atoms with Crippen LogP contribution < -0.4 is 15.8 Å². The number of hydrogen-bond donors (Lipinski definition) is 3. The second kappa shape index (κ2) is 6.65. The summed E-state index contributed by atoms with van der Waals surface area (Å²) in [6.07, 6.45) is 0.573. The first-order valence-corrected chi connectivity index (χ1v) is 7.43. The minimum Gasteiger partial charge on any atom is -0.330 e. The van der Waals surface area contributed by atoms with Crippen molar-refractivity contribution in [2.75, 3.05) is 11.9 Å². The van der Waals surface area contributed by atoms with Crippen molar-refractivity contribution in [2.24, 2.45) is 5.73 Å². The van der Waals surface area contributed by atoms with Crippen LogP contribution in [0.15, 0.2) is 29.2 Å². The van der Waals surface area contributed by atoms with Gasteiger partial charge in [-0.15, -0.1) is 0 Å². The molecule has 1 rings (SSSR count). The smallest absolute Gasteiger partial charge is 0.240 e. The number of rotatable bonds is 6. The maximum atomic E-state index is 12.0. The molecular weight excluding hydrogens is 266 g/mol. The number of carbonyl (C=O) groups excluding carboxylic acids is 1. The zero-order chi connectivity index (χ0) is 14.5. The zero-order valence-corrected chi connectivity index (χ0v) is 11.8. The first-order valence-electron chi connectivity index (χ1n) is 5.95. The molecule has 0 spiro atoms. The van der Waals surface area contributed by atoms with Crippen LogP contribution >= 0.6 is 0 Å². The second-order valence-corrected chi connectivity index (χ2v) is 6.02. The molecule has 0 fully saturated rings. The van der Waals surface area contributed by atoms with Crippen molar-refractivity contribution < 1.29 is 13.2 Å². The van der Waals surface area contributed by atoms with Crippen molar-refractivity contribution in [3.63, 3.8) is 0 Å². The molecule has 1 aromatic rings. The van der Waals surface area contributed by atoms with E-state index in [1.165, 1.54) is 19.1 Å². The van der Waals surface area contributed by atoms with E-state index in [0.717, 1.165) is 0 Å². The molecule has 0 bridgehead atoms. The summed E-state index contributed by atoms with van der Waals surface area (Å²) in [7, 11) is -3.55. The fourth-order valence-corrected chi connectivity index (χ4v) is 2.84. The summed E-state index contributed by atoms with van der Waals surface area (Å²) in [4.78, 5) is 11.0. The van der Waals surface area contributed by atoms with Crippen LogP contribution in [-0.2, 0) is 14.8 Å². The van der Waals surface area contributed by atoms with Gasteiger partial charge in [0.05, 0.1) is 4.90 Å². The van der Waals surface area contributed by atoms with E-state index < -0.39 is 10.0 Å². The van der Waals surface area contributed by atoms with Gasteiger partial charge in [0, 0.05) is 18.7 Å². The predicted octanol–water partition coefficient (Wildman–Crippen LogP) is 0.661. The number of nitrogens with two attached hydrogens (primary N) is 1. The third-order valence-electron chi connectivity index (χ3n) is 2.44. The van der Waals surface area contributed by atoms with Crippen molar-refractivity contribution in [1.29, 1.82) is 0 Å². The highest BCUT2D eigenvalue weighted by molar-refractivity contribution is 7.89. The summed E-state index contributed by atoms with van der Waals surface area (Å²) in [6.45, 7) is 3.57. The number of anilines is 1. The third-order valence-corrected chi connectivity index (χ3v) is 4.05. The van der Waals surface area contributed by atoms with Gasteiger partial charge in [0.15, 0.2) is 0 Å². The SMILES string of the molecule is CC(=O)Nc1ccc(S(=O)(=O)NC(C)CCN)cc1. The van der Waals surface area contributed by atoms with E-state index >= 15 is 0 Å². The van der Waals surface area contributed by atoms with Crippen LogP contribution in [0, 0.1) is 0 Å². The lowest BCUT2D eigenvalue weighted by Gasteiger charge is -2.13. The van der Waals surface area contributed by atoms with Gasteiger partial charge in [0.2, 0.25) is 15.9 Å². The lowest BCUT2D eigenvalue weighted by molar-refractivity contribution is -0.114. The Morgan fingerprint density at radius 3 is 2.37 bits per heavy atom. The van der Waals surface area contributed by atoms with Crippen LogP contribution in [0.3, 0.4) is 0 Å². The quantitative estimate of drug-likeness (QED) is 0.714. The van der Waals surface area contributed by atoms with Crippen molar-refractivity contribution in [3.05, 3.63) is 24.3 Å². The Morgan fingerprint density at radius 2 is 1.89 bits per heavy atom. The minimum atomic E-state index is -3.55. The largest absolute Gasteiger partial charge is 0.330 e. The molecule has 0 saturated carbocycles. The van der Waals surface area contributed by atoms with Crippen LogP contribution in [0.2, 0.25) is 0 Å². The normalized spacial score (nSPS) is 13.0. The Labute approximate surface area is 113 Å². The molecule has 1 unspecified atom stereocenters. The first kappa shape index (κ1) is 15.6. The molecule has 19 heavy (non-hydrogen) atoms. The van der Waals surface area contributed by atoms with Gasteiger partial charge < -0.3 is 11.1 Å². The lowest BCUT2D eigenvalue weighted by Crippen LogP contribution is -2.34. The van der Waals surface area contributed by atoms with E-state index in [1.54, 1.807) is 19.1 Å². The van der Waals surface area contributed by atoms with Gasteiger partial charge in [-0.2, -0.15) is 0 Å². The van der Waals surface area contributed by atoms with Gasteiger partial charge in [-0.1, -0.05) is 0 Å². The molecule has 0 heterocycles. The summed E-state index contributed by atoms with van der Waals surface area (Å²) in [6, 6.07) is 5.77. The van der Waals surface area contributed by atoms with E-state index in [2.05, 4.69) is 10.0 Å². The molecule has 1 aromatic carbocycles. The molecule has 4 N–H and O–H groups in total. The molecular formula is C12H19N3O3S. The zero-order valence-electron chi connectivity index (χ0n) is 11.0. The number of benzene rings is 1. The number of hydrogen-bond acceptors (Lipinski definition) is 4. The fourth-order valence-electron chi connectivity index (χ4n) is 1.56. The molecule has 6 nitrogen and oxygen atoms in total.